The van der Waals surface area contributed by atoms with Gasteiger partial charge in [-0.15, -0.1) is 0 Å². The van der Waals surface area contributed by atoms with Crippen molar-refractivity contribution in [3.05, 3.63) is 35.4 Å². The van der Waals surface area contributed by atoms with Crippen molar-refractivity contribution in [2.45, 2.75) is 51.2 Å². The third-order valence-corrected chi connectivity index (χ3v) is 3.36. The molecule has 1 unspecified atom stereocenters. The van der Waals surface area contributed by atoms with Gasteiger partial charge in [0.15, 0.2) is 0 Å². The van der Waals surface area contributed by atoms with Gasteiger partial charge in [0.1, 0.15) is 0 Å². The molecule has 2 N–H and O–H groups in total. The van der Waals surface area contributed by atoms with E-state index in [1.54, 1.807) is 0 Å². The van der Waals surface area contributed by atoms with Crippen molar-refractivity contribution >= 4 is 5.91 Å². The average Bonchev–Trinajstić information content (AvgIpc) is 3.20. The second-order valence-electron chi connectivity index (χ2n) is 4.99. The summed E-state index contributed by atoms with van der Waals surface area (Å²) in [5.41, 5.74) is 2.16. The number of aliphatic hydroxyl groups excluding tert-OH is 1. The third-order valence-electron chi connectivity index (χ3n) is 3.36. The Labute approximate surface area is 108 Å². The first kappa shape index (κ1) is 13.1. The van der Waals surface area contributed by atoms with E-state index in [-0.39, 0.29) is 5.91 Å². The first-order valence-electron chi connectivity index (χ1n) is 6.75. The summed E-state index contributed by atoms with van der Waals surface area (Å²) in [5, 5.41) is 12.9. The first-order chi connectivity index (χ1) is 8.69. The number of amides is 1. The minimum atomic E-state index is -0.541. The molecule has 0 spiro atoms. The summed E-state index contributed by atoms with van der Waals surface area (Å²) in [6.45, 7) is 2.10. The molecular formula is C15H21NO2. The second kappa shape index (κ2) is 6.01. The van der Waals surface area contributed by atoms with E-state index in [1.807, 2.05) is 24.3 Å². The van der Waals surface area contributed by atoms with Crippen molar-refractivity contribution in [2.75, 3.05) is 0 Å². The molecule has 1 atom stereocenters. The smallest absolute Gasteiger partial charge is 0.220 e. The number of aliphatic hydroxyl groups is 1. The molecule has 0 radical (unpaired) electrons. The van der Waals surface area contributed by atoms with Crippen LogP contribution in [0.15, 0.2) is 24.3 Å². The van der Waals surface area contributed by atoms with Gasteiger partial charge in [0.2, 0.25) is 5.91 Å². The molecule has 1 saturated carbocycles. The molecule has 3 heteroatoms. The van der Waals surface area contributed by atoms with Crippen LogP contribution in [0.4, 0.5) is 0 Å². The Morgan fingerprint density at radius 2 is 2.06 bits per heavy atom. The lowest BCUT2D eigenvalue weighted by atomic mass is 10.0. The SMILES string of the molecule is CCc1ccc(C(O)CCC(=O)NC2CC2)cc1. The van der Waals surface area contributed by atoms with Crippen molar-refractivity contribution in [2.24, 2.45) is 0 Å². The Morgan fingerprint density at radius 3 is 2.61 bits per heavy atom. The summed E-state index contributed by atoms with van der Waals surface area (Å²) < 4.78 is 0. The molecule has 0 saturated heterocycles. The summed E-state index contributed by atoms with van der Waals surface area (Å²) >= 11 is 0. The van der Waals surface area contributed by atoms with Crippen LogP contribution in [-0.4, -0.2) is 17.1 Å². The molecule has 2 rings (SSSR count). The standard InChI is InChI=1S/C15H21NO2/c1-2-11-3-5-12(6-4-11)14(17)9-10-15(18)16-13-7-8-13/h3-6,13-14,17H,2,7-10H2,1H3,(H,16,18). The highest BCUT2D eigenvalue weighted by Crippen LogP contribution is 2.21. The summed E-state index contributed by atoms with van der Waals surface area (Å²) in [6.07, 6.45) is 3.55. The molecule has 1 fully saturated rings. The van der Waals surface area contributed by atoms with Crippen LogP contribution in [0.25, 0.3) is 0 Å². The van der Waals surface area contributed by atoms with E-state index in [9.17, 15) is 9.90 Å². The van der Waals surface area contributed by atoms with E-state index >= 15 is 0 Å². The van der Waals surface area contributed by atoms with Gasteiger partial charge >= 0.3 is 0 Å². The number of aryl methyl sites for hydroxylation is 1. The molecular weight excluding hydrogens is 226 g/mol. The fourth-order valence-corrected chi connectivity index (χ4v) is 1.94. The molecule has 1 amide bonds. The molecule has 1 aliphatic carbocycles. The van der Waals surface area contributed by atoms with Crippen LogP contribution < -0.4 is 5.32 Å². The maximum absolute atomic E-state index is 11.5. The van der Waals surface area contributed by atoms with E-state index in [4.69, 9.17) is 0 Å². The van der Waals surface area contributed by atoms with E-state index in [0.717, 1.165) is 24.8 Å². The van der Waals surface area contributed by atoms with Crippen LogP contribution in [0.3, 0.4) is 0 Å². The molecule has 0 bridgehead atoms. The van der Waals surface area contributed by atoms with Crippen LogP contribution in [0.1, 0.15) is 49.8 Å². The van der Waals surface area contributed by atoms with E-state index in [1.165, 1.54) is 5.56 Å². The van der Waals surface area contributed by atoms with E-state index in [0.29, 0.717) is 18.9 Å². The van der Waals surface area contributed by atoms with Crippen LogP contribution in [0, 0.1) is 0 Å². The number of benzene rings is 1. The van der Waals surface area contributed by atoms with Gasteiger partial charge in [0.05, 0.1) is 6.10 Å². The Kier molecular flexibility index (Phi) is 4.37. The Bertz CT molecular complexity index is 395. The van der Waals surface area contributed by atoms with E-state index in [2.05, 4.69) is 12.2 Å². The number of carbonyl (C=O) groups is 1. The van der Waals surface area contributed by atoms with Gasteiger partial charge < -0.3 is 10.4 Å². The van der Waals surface area contributed by atoms with Gasteiger partial charge in [-0.3, -0.25) is 4.79 Å². The molecule has 1 aromatic carbocycles. The molecule has 0 aliphatic heterocycles. The average molecular weight is 247 g/mol. The predicted octanol–water partition coefficient (Wildman–Crippen LogP) is 2.34. The molecule has 1 aromatic rings. The number of hydrogen-bond acceptors (Lipinski definition) is 2. The second-order valence-corrected chi connectivity index (χ2v) is 4.99. The minimum absolute atomic E-state index is 0.0572. The fraction of sp³-hybridized carbons (Fsp3) is 0.533. The molecule has 0 aromatic heterocycles. The zero-order chi connectivity index (χ0) is 13.0. The summed E-state index contributed by atoms with van der Waals surface area (Å²) in [7, 11) is 0. The lowest BCUT2D eigenvalue weighted by molar-refractivity contribution is -0.121. The monoisotopic (exact) mass is 247 g/mol. The lowest BCUT2D eigenvalue weighted by Crippen LogP contribution is -2.25. The topological polar surface area (TPSA) is 49.3 Å². The van der Waals surface area contributed by atoms with Crippen LogP contribution in [-0.2, 0) is 11.2 Å². The van der Waals surface area contributed by atoms with Gasteiger partial charge in [0, 0.05) is 12.5 Å². The largest absolute Gasteiger partial charge is 0.388 e. The van der Waals surface area contributed by atoms with Gasteiger partial charge in [-0.1, -0.05) is 31.2 Å². The van der Waals surface area contributed by atoms with Crippen molar-refractivity contribution in [3.8, 4) is 0 Å². The normalized spacial score (nSPS) is 16.3. The summed E-state index contributed by atoms with van der Waals surface area (Å²) in [4.78, 5) is 11.5. The van der Waals surface area contributed by atoms with Crippen molar-refractivity contribution < 1.29 is 9.90 Å². The van der Waals surface area contributed by atoms with Crippen LogP contribution >= 0.6 is 0 Å². The first-order valence-corrected chi connectivity index (χ1v) is 6.75. The highest BCUT2D eigenvalue weighted by molar-refractivity contribution is 5.76. The van der Waals surface area contributed by atoms with Crippen LogP contribution in [0.5, 0.6) is 0 Å². The highest BCUT2D eigenvalue weighted by atomic mass is 16.3. The molecule has 98 valence electrons. The van der Waals surface area contributed by atoms with Crippen molar-refractivity contribution in [1.29, 1.82) is 0 Å². The highest BCUT2D eigenvalue weighted by Gasteiger charge is 2.23. The van der Waals surface area contributed by atoms with Crippen molar-refractivity contribution in [1.82, 2.24) is 5.32 Å². The number of hydrogen-bond donors (Lipinski definition) is 2. The molecule has 18 heavy (non-hydrogen) atoms. The van der Waals surface area contributed by atoms with Gasteiger partial charge in [-0.25, -0.2) is 0 Å². The van der Waals surface area contributed by atoms with Crippen molar-refractivity contribution in [3.63, 3.8) is 0 Å². The van der Waals surface area contributed by atoms with Gasteiger partial charge in [0.25, 0.3) is 0 Å². The number of nitrogens with one attached hydrogen (secondary N) is 1. The van der Waals surface area contributed by atoms with E-state index < -0.39 is 6.10 Å². The molecule has 3 nitrogen and oxygen atoms in total. The zero-order valence-corrected chi connectivity index (χ0v) is 10.9. The minimum Gasteiger partial charge on any atom is -0.388 e. The maximum atomic E-state index is 11.5. The summed E-state index contributed by atoms with van der Waals surface area (Å²) in [5.74, 6) is 0.0572. The Balaban J connectivity index is 1.78. The quantitative estimate of drug-likeness (QED) is 0.810. The zero-order valence-electron chi connectivity index (χ0n) is 10.9. The molecule has 1 aliphatic rings. The Hall–Kier alpha value is -1.35. The predicted molar refractivity (Wildman–Crippen MR) is 71.2 cm³/mol. The Morgan fingerprint density at radius 1 is 1.39 bits per heavy atom. The van der Waals surface area contributed by atoms with Gasteiger partial charge in [-0.2, -0.15) is 0 Å². The lowest BCUT2D eigenvalue weighted by Gasteiger charge is -2.11. The third kappa shape index (κ3) is 3.84. The number of carbonyl (C=O) groups excluding carboxylic acids is 1. The fourth-order valence-electron chi connectivity index (χ4n) is 1.94. The van der Waals surface area contributed by atoms with Crippen LogP contribution in [0.2, 0.25) is 0 Å². The number of rotatable bonds is 6. The maximum Gasteiger partial charge on any atom is 0.220 e. The molecule has 0 heterocycles. The van der Waals surface area contributed by atoms with Gasteiger partial charge in [-0.05, 0) is 36.8 Å². The summed E-state index contributed by atoms with van der Waals surface area (Å²) in [6, 6.07) is 8.36.